The maximum atomic E-state index is 5.34. The standard InChI is InChI=1S/C17H37N3O/c1-5-8-9-10-13-16(4)20-17(18-6-2)19-14-11-12-15-21-7-3/h16H,5-15H2,1-4H3,(H2,18,19,20). The van der Waals surface area contributed by atoms with Gasteiger partial charge in [-0.25, -0.2) is 0 Å². The van der Waals surface area contributed by atoms with Crippen LogP contribution in [0.1, 0.15) is 72.6 Å². The smallest absolute Gasteiger partial charge is 0.191 e. The van der Waals surface area contributed by atoms with E-state index in [0.29, 0.717) is 6.04 Å². The first kappa shape index (κ1) is 20.2. The normalized spacial score (nSPS) is 13.2. The topological polar surface area (TPSA) is 45.7 Å². The van der Waals surface area contributed by atoms with Gasteiger partial charge in [0.1, 0.15) is 0 Å². The lowest BCUT2D eigenvalue weighted by Gasteiger charge is -2.17. The van der Waals surface area contributed by atoms with Crippen LogP contribution in [0.15, 0.2) is 4.99 Å². The molecule has 0 radical (unpaired) electrons. The summed E-state index contributed by atoms with van der Waals surface area (Å²) in [5, 5.41) is 6.83. The minimum absolute atomic E-state index is 0.489. The summed E-state index contributed by atoms with van der Waals surface area (Å²) in [6, 6.07) is 0.489. The zero-order valence-electron chi connectivity index (χ0n) is 14.7. The van der Waals surface area contributed by atoms with Crippen molar-refractivity contribution in [3.63, 3.8) is 0 Å². The second-order valence-corrected chi connectivity index (χ2v) is 5.56. The van der Waals surface area contributed by atoms with Gasteiger partial charge in [0.15, 0.2) is 5.96 Å². The molecule has 21 heavy (non-hydrogen) atoms. The van der Waals surface area contributed by atoms with Gasteiger partial charge in [-0.15, -0.1) is 0 Å². The molecule has 0 bridgehead atoms. The van der Waals surface area contributed by atoms with Crippen molar-refractivity contribution in [1.82, 2.24) is 10.6 Å². The largest absolute Gasteiger partial charge is 0.382 e. The van der Waals surface area contributed by atoms with E-state index in [2.05, 4.69) is 36.4 Å². The predicted octanol–water partition coefficient (Wildman–Crippen LogP) is 3.72. The molecule has 1 atom stereocenters. The second-order valence-electron chi connectivity index (χ2n) is 5.56. The number of aliphatic imine (C=N–C) groups is 1. The van der Waals surface area contributed by atoms with Crippen molar-refractivity contribution in [3.05, 3.63) is 0 Å². The average molecular weight is 300 g/mol. The summed E-state index contributed by atoms with van der Waals surface area (Å²) in [4.78, 5) is 4.63. The minimum Gasteiger partial charge on any atom is -0.382 e. The highest BCUT2D eigenvalue weighted by molar-refractivity contribution is 5.79. The number of nitrogens with one attached hydrogen (secondary N) is 2. The summed E-state index contributed by atoms with van der Waals surface area (Å²) in [5.74, 6) is 0.955. The molecular weight excluding hydrogens is 262 g/mol. The molecule has 0 saturated carbocycles. The van der Waals surface area contributed by atoms with E-state index in [1.54, 1.807) is 0 Å². The lowest BCUT2D eigenvalue weighted by Crippen LogP contribution is -2.42. The van der Waals surface area contributed by atoms with Crippen molar-refractivity contribution in [2.45, 2.75) is 78.7 Å². The zero-order valence-corrected chi connectivity index (χ0v) is 14.7. The van der Waals surface area contributed by atoms with Gasteiger partial charge in [-0.1, -0.05) is 32.6 Å². The van der Waals surface area contributed by atoms with E-state index >= 15 is 0 Å². The van der Waals surface area contributed by atoms with E-state index in [1.165, 1.54) is 32.1 Å². The molecule has 4 nitrogen and oxygen atoms in total. The van der Waals surface area contributed by atoms with Crippen LogP contribution >= 0.6 is 0 Å². The van der Waals surface area contributed by atoms with E-state index in [9.17, 15) is 0 Å². The fraction of sp³-hybridized carbons (Fsp3) is 0.941. The third-order valence-electron chi connectivity index (χ3n) is 3.39. The van der Waals surface area contributed by atoms with Crippen LogP contribution in [0.25, 0.3) is 0 Å². The van der Waals surface area contributed by atoms with E-state index < -0.39 is 0 Å². The number of guanidine groups is 1. The Balaban J connectivity index is 3.86. The van der Waals surface area contributed by atoms with Gasteiger partial charge in [0.25, 0.3) is 0 Å². The molecule has 0 heterocycles. The maximum Gasteiger partial charge on any atom is 0.191 e. The first-order chi connectivity index (χ1) is 10.2. The molecule has 0 fully saturated rings. The van der Waals surface area contributed by atoms with Gasteiger partial charge in [0.05, 0.1) is 0 Å². The van der Waals surface area contributed by atoms with Crippen LogP contribution < -0.4 is 10.6 Å². The lowest BCUT2D eigenvalue weighted by molar-refractivity contribution is 0.144. The molecule has 0 aromatic heterocycles. The number of ether oxygens (including phenoxy) is 1. The Bertz CT molecular complexity index is 244. The Morgan fingerprint density at radius 2 is 1.86 bits per heavy atom. The van der Waals surface area contributed by atoms with Gasteiger partial charge in [0.2, 0.25) is 0 Å². The molecule has 0 saturated heterocycles. The SMILES string of the molecule is CCCCCCC(C)NC(=NCCCCOCC)NCC. The molecule has 0 aromatic carbocycles. The van der Waals surface area contributed by atoms with Gasteiger partial charge in [-0.3, -0.25) is 4.99 Å². The van der Waals surface area contributed by atoms with Gasteiger partial charge in [0, 0.05) is 32.3 Å². The molecule has 0 aliphatic heterocycles. The number of nitrogens with zero attached hydrogens (tertiary/aromatic N) is 1. The summed E-state index contributed by atoms with van der Waals surface area (Å²) >= 11 is 0. The van der Waals surface area contributed by atoms with E-state index in [4.69, 9.17) is 4.74 Å². The van der Waals surface area contributed by atoms with Gasteiger partial charge in [-0.2, -0.15) is 0 Å². The third-order valence-corrected chi connectivity index (χ3v) is 3.39. The molecular formula is C17H37N3O. The fourth-order valence-electron chi connectivity index (χ4n) is 2.15. The monoisotopic (exact) mass is 299 g/mol. The van der Waals surface area contributed by atoms with Gasteiger partial charge < -0.3 is 15.4 Å². The number of hydrogen-bond acceptors (Lipinski definition) is 2. The molecule has 0 aliphatic carbocycles. The first-order valence-corrected chi connectivity index (χ1v) is 8.87. The minimum atomic E-state index is 0.489. The average Bonchev–Trinajstić information content (AvgIpc) is 2.47. The fourth-order valence-corrected chi connectivity index (χ4v) is 2.15. The highest BCUT2D eigenvalue weighted by atomic mass is 16.5. The van der Waals surface area contributed by atoms with Gasteiger partial charge >= 0.3 is 0 Å². The van der Waals surface area contributed by atoms with Crippen molar-refractivity contribution in [1.29, 1.82) is 0 Å². The number of hydrogen-bond donors (Lipinski definition) is 2. The molecule has 0 aliphatic rings. The van der Waals surface area contributed by atoms with Crippen LogP contribution in [0.4, 0.5) is 0 Å². The Labute approximate surface area is 132 Å². The zero-order chi connectivity index (χ0) is 15.8. The molecule has 1 unspecified atom stereocenters. The van der Waals surface area contributed by atoms with Crippen molar-refractivity contribution >= 4 is 5.96 Å². The molecule has 2 N–H and O–H groups in total. The Morgan fingerprint density at radius 1 is 1.05 bits per heavy atom. The summed E-state index contributed by atoms with van der Waals surface area (Å²) in [6.07, 6.45) is 8.68. The van der Waals surface area contributed by atoms with Crippen LogP contribution in [0, 0.1) is 0 Å². The van der Waals surface area contributed by atoms with Crippen LogP contribution in [0.3, 0.4) is 0 Å². The highest BCUT2D eigenvalue weighted by Gasteiger charge is 2.04. The lowest BCUT2D eigenvalue weighted by atomic mass is 10.1. The van der Waals surface area contributed by atoms with Crippen molar-refractivity contribution in [3.8, 4) is 0 Å². The Hall–Kier alpha value is -0.770. The summed E-state index contributed by atoms with van der Waals surface area (Å²) in [5.41, 5.74) is 0. The quantitative estimate of drug-likeness (QED) is 0.309. The van der Waals surface area contributed by atoms with E-state index in [0.717, 1.165) is 45.1 Å². The highest BCUT2D eigenvalue weighted by Crippen LogP contribution is 2.05. The van der Waals surface area contributed by atoms with Crippen LogP contribution in [-0.4, -0.2) is 38.3 Å². The van der Waals surface area contributed by atoms with Crippen molar-refractivity contribution < 1.29 is 4.74 Å². The molecule has 0 spiro atoms. The molecule has 4 heteroatoms. The second kappa shape index (κ2) is 15.6. The first-order valence-electron chi connectivity index (χ1n) is 8.87. The van der Waals surface area contributed by atoms with E-state index in [-0.39, 0.29) is 0 Å². The Morgan fingerprint density at radius 3 is 2.52 bits per heavy atom. The van der Waals surface area contributed by atoms with Crippen LogP contribution in [0.2, 0.25) is 0 Å². The maximum absolute atomic E-state index is 5.34. The molecule has 0 amide bonds. The third kappa shape index (κ3) is 13.9. The summed E-state index contributed by atoms with van der Waals surface area (Å²) in [7, 11) is 0. The number of rotatable bonds is 13. The van der Waals surface area contributed by atoms with Crippen LogP contribution in [-0.2, 0) is 4.74 Å². The van der Waals surface area contributed by atoms with Crippen LogP contribution in [0.5, 0.6) is 0 Å². The molecule has 0 rings (SSSR count). The van der Waals surface area contributed by atoms with Crippen molar-refractivity contribution in [2.75, 3.05) is 26.3 Å². The van der Waals surface area contributed by atoms with Gasteiger partial charge in [-0.05, 0) is 40.0 Å². The molecule has 0 aromatic rings. The van der Waals surface area contributed by atoms with E-state index in [1.807, 2.05) is 6.92 Å². The summed E-state index contributed by atoms with van der Waals surface area (Å²) < 4.78 is 5.34. The predicted molar refractivity (Wildman–Crippen MR) is 93.1 cm³/mol. The molecule has 126 valence electrons. The summed E-state index contributed by atoms with van der Waals surface area (Å²) in [6.45, 7) is 12.1. The Kier molecular flexibility index (Phi) is 15.0. The van der Waals surface area contributed by atoms with Crippen molar-refractivity contribution in [2.24, 2.45) is 4.99 Å². The number of unbranched alkanes of at least 4 members (excludes halogenated alkanes) is 4.